The van der Waals surface area contributed by atoms with Gasteiger partial charge < -0.3 is 19.5 Å². The zero-order valence-electron chi connectivity index (χ0n) is 20.3. The van der Waals surface area contributed by atoms with Crippen LogP contribution in [0.4, 0.5) is 0 Å². The maximum atomic E-state index is 13.7. The first-order valence-electron chi connectivity index (χ1n) is 11.7. The van der Waals surface area contributed by atoms with Gasteiger partial charge in [-0.1, -0.05) is 60.2 Å². The van der Waals surface area contributed by atoms with Gasteiger partial charge in [-0.25, -0.2) is 9.78 Å². The van der Waals surface area contributed by atoms with Crippen LogP contribution in [-0.2, 0) is 29.0 Å². The molecule has 8 heteroatoms. The van der Waals surface area contributed by atoms with Crippen LogP contribution in [0.2, 0.25) is 0 Å². The highest BCUT2D eigenvalue weighted by molar-refractivity contribution is 6.06. The van der Waals surface area contributed by atoms with Crippen LogP contribution in [0.5, 0.6) is 0 Å². The molecule has 0 spiro atoms. The summed E-state index contributed by atoms with van der Waals surface area (Å²) in [4.78, 5) is 45.1. The van der Waals surface area contributed by atoms with E-state index in [9.17, 15) is 14.4 Å². The molecule has 0 unspecified atom stereocenters. The van der Waals surface area contributed by atoms with Gasteiger partial charge in [0, 0.05) is 13.1 Å². The van der Waals surface area contributed by atoms with E-state index < -0.39 is 17.4 Å². The van der Waals surface area contributed by atoms with E-state index in [4.69, 9.17) is 4.74 Å². The molecule has 3 aromatic rings. The number of aryl methyl sites for hydroxylation is 2. The normalized spacial score (nSPS) is 17.1. The van der Waals surface area contributed by atoms with Crippen molar-refractivity contribution in [1.82, 2.24) is 19.8 Å². The number of amides is 2. The Hall–Kier alpha value is -3.94. The molecule has 35 heavy (non-hydrogen) atoms. The van der Waals surface area contributed by atoms with Gasteiger partial charge in [0.1, 0.15) is 11.2 Å². The third-order valence-corrected chi connectivity index (χ3v) is 6.49. The van der Waals surface area contributed by atoms with Gasteiger partial charge >= 0.3 is 5.97 Å². The van der Waals surface area contributed by atoms with Gasteiger partial charge in [0.2, 0.25) is 5.91 Å². The van der Waals surface area contributed by atoms with Crippen LogP contribution in [0.1, 0.15) is 51.0 Å². The van der Waals surface area contributed by atoms with E-state index in [-0.39, 0.29) is 23.8 Å². The average Bonchev–Trinajstić information content (AvgIpc) is 3.29. The molecule has 1 N–H and O–H groups in total. The van der Waals surface area contributed by atoms with Gasteiger partial charge in [-0.05, 0) is 37.8 Å². The summed E-state index contributed by atoms with van der Waals surface area (Å²) in [5.41, 5.74) is 2.24. The van der Waals surface area contributed by atoms with Crippen LogP contribution >= 0.6 is 0 Å². The first-order valence-corrected chi connectivity index (χ1v) is 11.7. The zero-order chi connectivity index (χ0) is 25.0. The fourth-order valence-electron chi connectivity index (χ4n) is 4.45. The van der Waals surface area contributed by atoms with Gasteiger partial charge in [0.15, 0.2) is 5.69 Å². The molecular formula is C27H30N4O4. The topological polar surface area (TPSA) is 93.5 Å². The van der Waals surface area contributed by atoms with Crippen molar-refractivity contribution in [3.63, 3.8) is 0 Å². The number of benzene rings is 2. The molecule has 0 bridgehead atoms. The summed E-state index contributed by atoms with van der Waals surface area (Å²) in [5, 5.41) is 3.00. The molecule has 2 aromatic carbocycles. The lowest BCUT2D eigenvalue weighted by molar-refractivity contribution is -0.133. The Morgan fingerprint density at radius 1 is 1.09 bits per heavy atom. The molecule has 182 valence electrons. The number of nitrogens with zero attached hydrogens (tertiary/aromatic N) is 3. The molecule has 0 radical (unpaired) electrons. The number of methoxy groups -OCH3 is 1. The quantitative estimate of drug-likeness (QED) is 0.507. The van der Waals surface area contributed by atoms with Crippen molar-refractivity contribution in [2.75, 3.05) is 13.7 Å². The smallest absolute Gasteiger partial charge is 0.359 e. The molecule has 8 nitrogen and oxygen atoms in total. The van der Waals surface area contributed by atoms with Crippen molar-refractivity contribution >= 4 is 17.8 Å². The first kappa shape index (κ1) is 24.2. The van der Waals surface area contributed by atoms with E-state index in [0.717, 1.165) is 23.1 Å². The number of rotatable bonds is 8. The van der Waals surface area contributed by atoms with E-state index in [2.05, 4.69) is 10.3 Å². The summed E-state index contributed by atoms with van der Waals surface area (Å²) in [7, 11) is 1.25. The maximum absolute atomic E-state index is 13.7. The average molecular weight is 475 g/mol. The monoisotopic (exact) mass is 474 g/mol. The van der Waals surface area contributed by atoms with E-state index >= 15 is 0 Å². The van der Waals surface area contributed by atoms with Gasteiger partial charge in [-0.15, -0.1) is 0 Å². The van der Waals surface area contributed by atoms with Crippen LogP contribution in [0.15, 0.2) is 60.9 Å². The second-order valence-electron chi connectivity index (χ2n) is 9.05. The van der Waals surface area contributed by atoms with Crippen molar-refractivity contribution in [3.05, 3.63) is 89.0 Å². The van der Waals surface area contributed by atoms with Crippen LogP contribution in [0, 0.1) is 6.92 Å². The Kier molecular flexibility index (Phi) is 7.00. The summed E-state index contributed by atoms with van der Waals surface area (Å²) in [5.74, 6) is -1.34. The minimum atomic E-state index is -1.15. The molecule has 1 aliphatic rings. The molecular weight excluding hydrogens is 444 g/mol. The highest BCUT2D eigenvalue weighted by Gasteiger charge is 2.48. The largest absolute Gasteiger partial charge is 0.464 e. The molecule has 0 saturated carbocycles. The molecule has 0 aliphatic carbocycles. The molecule has 0 fully saturated rings. The number of ether oxygens (including phenoxy) is 1. The highest BCUT2D eigenvalue weighted by Crippen LogP contribution is 2.29. The minimum absolute atomic E-state index is 0.0346. The summed E-state index contributed by atoms with van der Waals surface area (Å²) >= 11 is 0. The Bertz CT molecular complexity index is 1220. The Morgan fingerprint density at radius 2 is 1.80 bits per heavy atom. The van der Waals surface area contributed by atoms with E-state index in [1.165, 1.54) is 13.4 Å². The first-order chi connectivity index (χ1) is 16.8. The molecule has 0 saturated heterocycles. The Balaban J connectivity index is 1.59. The van der Waals surface area contributed by atoms with Crippen molar-refractivity contribution < 1.29 is 19.1 Å². The van der Waals surface area contributed by atoms with E-state index in [0.29, 0.717) is 19.5 Å². The highest BCUT2D eigenvalue weighted by atomic mass is 16.5. The van der Waals surface area contributed by atoms with Gasteiger partial charge in [-0.3, -0.25) is 9.59 Å². The molecule has 1 atom stereocenters. The Labute approximate surface area is 204 Å². The fraction of sp³-hybridized carbons (Fsp3) is 0.333. The number of esters is 1. The van der Waals surface area contributed by atoms with Crippen molar-refractivity contribution in [3.8, 4) is 0 Å². The summed E-state index contributed by atoms with van der Waals surface area (Å²) in [6.07, 6.45) is 2.85. The van der Waals surface area contributed by atoms with E-state index in [1.807, 2.05) is 61.5 Å². The van der Waals surface area contributed by atoms with Crippen molar-refractivity contribution in [2.24, 2.45) is 0 Å². The van der Waals surface area contributed by atoms with Crippen molar-refractivity contribution in [2.45, 2.75) is 45.3 Å². The Morgan fingerprint density at radius 3 is 2.49 bits per heavy atom. The molecule has 2 amide bonds. The van der Waals surface area contributed by atoms with E-state index in [1.54, 1.807) is 16.4 Å². The second kappa shape index (κ2) is 10.1. The minimum Gasteiger partial charge on any atom is -0.464 e. The SMILES string of the molecule is COC(=O)c1ncn2c1C(=O)N(CCCc1ccccc1)[C@@](C)(C(=O)NCc1ccc(C)cc1)C2. The summed E-state index contributed by atoms with van der Waals surface area (Å²) < 4.78 is 6.39. The summed E-state index contributed by atoms with van der Waals surface area (Å²) in [6.45, 7) is 4.66. The lowest BCUT2D eigenvalue weighted by Crippen LogP contribution is -2.64. The fourth-order valence-corrected chi connectivity index (χ4v) is 4.45. The third kappa shape index (κ3) is 4.96. The zero-order valence-corrected chi connectivity index (χ0v) is 20.3. The predicted octanol–water partition coefficient (Wildman–Crippen LogP) is 3.14. The maximum Gasteiger partial charge on any atom is 0.359 e. The lowest BCUT2D eigenvalue weighted by atomic mass is 9.93. The molecule has 1 aliphatic heterocycles. The van der Waals surface area contributed by atoms with Crippen molar-refractivity contribution in [1.29, 1.82) is 0 Å². The number of hydrogen-bond donors (Lipinski definition) is 1. The number of carbonyl (C=O) groups is 3. The second-order valence-corrected chi connectivity index (χ2v) is 9.05. The predicted molar refractivity (Wildman–Crippen MR) is 131 cm³/mol. The molecule has 2 heterocycles. The van der Waals surface area contributed by atoms with Crippen LogP contribution in [0.25, 0.3) is 0 Å². The number of carbonyl (C=O) groups excluding carboxylic acids is 3. The third-order valence-electron chi connectivity index (χ3n) is 6.49. The van der Waals surface area contributed by atoms with Crippen LogP contribution in [-0.4, -0.2) is 51.4 Å². The number of nitrogens with one attached hydrogen (secondary N) is 1. The van der Waals surface area contributed by atoms with Gasteiger partial charge in [-0.2, -0.15) is 0 Å². The van der Waals surface area contributed by atoms with Gasteiger partial charge in [0.25, 0.3) is 5.91 Å². The number of hydrogen-bond acceptors (Lipinski definition) is 5. The van der Waals surface area contributed by atoms with Crippen LogP contribution < -0.4 is 5.32 Å². The standard InChI is InChI=1S/C27H30N4O4/c1-19-11-13-21(14-12-19)16-28-26(34)27(2)17-30-18-29-22(25(33)35-3)23(30)24(32)31(27)15-7-10-20-8-5-4-6-9-20/h4-6,8-9,11-14,18H,7,10,15-17H2,1-3H3,(H,28,34)/t27-/m1/s1. The summed E-state index contributed by atoms with van der Waals surface area (Å²) in [6, 6.07) is 17.9. The number of fused-ring (bicyclic) bond motifs is 1. The van der Waals surface area contributed by atoms with Crippen LogP contribution in [0.3, 0.4) is 0 Å². The molecule has 1 aromatic heterocycles. The molecule has 4 rings (SSSR count). The number of aromatic nitrogens is 2. The number of imidazole rings is 1. The lowest BCUT2D eigenvalue weighted by Gasteiger charge is -2.43. The van der Waals surface area contributed by atoms with Gasteiger partial charge in [0.05, 0.1) is 20.0 Å².